The minimum Gasteiger partial charge on any atom is -0.314 e. The van der Waals surface area contributed by atoms with E-state index in [2.05, 4.69) is 5.32 Å². The molecule has 0 unspecified atom stereocenters. The number of hydrogen-bond donors (Lipinski definition) is 1. The van der Waals surface area contributed by atoms with Crippen LogP contribution in [0.2, 0.25) is 5.02 Å². The third-order valence-electron chi connectivity index (χ3n) is 3.26. The summed E-state index contributed by atoms with van der Waals surface area (Å²) in [5, 5.41) is 3.41. The summed E-state index contributed by atoms with van der Waals surface area (Å²) in [5.74, 6) is -0.489. The molecule has 0 amide bonds. The first kappa shape index (κ1) is 17.6. The summed E-state index contributed by atoms with van der Waals surface area (Å²) >= 11 is 5.81. The summed E-state index contributed by atoms with van der Waals surface area (Å²) in [4.78, 5) is 1.95. The summed E-state index contributed by atoms with van der Waals surface area (Å²) in [6.07, 6.45) is -2.73. The molecule has 0 radical (unpaired) electrons. The van der Waals surface area contributed by atoms with Crippen LogP contribution < -0.4 is 5.32 Å². The van der Waals surface area contributed by atoms with Gasteiger partial charge in [0.1, 0.15) is 5.82 Å². The third-order valence-corrected chi connectivity index (χ3v) is 3.48. The number of nitrogens with one attached hydrogen (secondary N) is 1. The summed E-state index contributed by atoms with van der Waals surface area (Å²) in [5.41, 5.74) is 0.521. The molecule has 1 fully saturated rings. The van der Waals surface area contributed by atoms with E-state index in [9.17, 15) is 13.2 Å². The Balaban J connectivity index is 0.00000200. The minimum absolute atomic E-state index is 0. The van der Waals surface area contributed by atoms with Gasteiger partial charge in [-0.05, 0) is 23.8 Å². The zero-order valence-electron chi connectivity index (χ0n) is 10.8. The summed E-state index contributed by atoms with van der Waals surface area (Å²) in [6.45, 7) is 2.85. The zero-order chi connectivity index (χ0) is 13.8. The molecule has 1 atom stereocenters. The molecule has 0 saturated carbocycles. The van der Waals surface area contributed by atoms with Crippen LogP contribution in [0.3, 0.4) is 0 Å². The third kappa shape index (κ3) is 4.81. The van der Waals surface area contributed by atoms with E-state index in [4.69, 9.17) is 11.6 Å². The van der Waals surface area contributed by atoms with E-state index < -0.39 is 18.3 Å². The average Bonchev–Trinajstić information content (AvgIpc) is 2.35. The Morgan fingerprint density at radius 2 is 1.85 bits per heavy atom. The van der Waals surface area contributed by atoms with E-state index in [-0.39, 0.29) is 23.9 Å². The fourth-order valence-electron chi connectivity index (χ4n) is 2.43. The van der Waals surface area contributed by atoms with Crippen LogP contribution in [-0.2, 0) is 0 Å². The normalized spacial score (nSPS) is 17.9. The molecule has 0 aliphatic carbocycles. The lowest BCUT2D eigenvalue weighted by molar-refractivity contribution is 0.0738. The molecule has 114 valence electrons. The second-order valence-corrected chi connectivity index (χ2v) is 5.07. The van der Waals surface area contributed by atoms with Crippen molar-refractivity contribution in [2.24, 2.45) is 0 Å². The predicted octanol–water partition coefficient (Wildman–Crippen LogP) is 3.50. The van der Waals surface area contributed by atoms with Crippen molar-refractivity contribution in [2.75, 3.05) is 26.2 Å². The van der Waals surface area contributed by atoms with Crippen molar-refractivity contribution >= 4 is 24.0 Å². The Kier molecular flexibility index (Phi) is 7.09. The topological polar surface area (TPSA) is 15.3 Å². The molecule has 1 aromatic rings. The summed E-state index contributed by atoms with van der Waals surface area (Å²) in [7, 11) is 0. The number of benzene rings is 1. The van der Waals surface area contributed by atoms with Gasteiger partial charge >= 0.3 is 0 Å². The van der Waals surface area contributed by atoms with Gasteiger partial charge in [0.05, 0.1) is 0 Å². The van der Waals surface area contributed by atoms with Gasteiger partial charge in [0.2, 0.25) is 6.43 Å². The van der Waals surface area contributed by atoms with Crippen molar-refractivity contribution in [2.45, 2.75) is 18.9 Å². The predicted molar refractivity (Wildman–Crippen MR) is 76.5 cm³/mol. The van der Waals surface area contributed by atoms with E-state index in [0.29, 0.717) is 18.7 Å². The summed E-state index contributed by atoms with van der Waals surface area (Å²) < 4.78 is 38.9. The van der Waals surface area contributed by atoms with E-state index in [1.54, 1.807) is 6.07 Å². The first-order valence-electron chi connectivity index (χ1n) is 6.25. The highest BCUT2D eigenvalue weighted by Crippen LogP contribution is 2.30. The maximum Gasteiger partial charge on any atom is 0.240 e. The fraction of sp³-hybridized carbons (Fsp3) is 0.538. The van der Waals surface area contributed by atoms with Crippen LogP contribution in [0.4, 0.5) is 13.2 Å². The van der Waals surface area contributed by atoms with Gasteiger partial charge in [-0.15, -0.1) is 12.4 Å². The van der Waals surface area contributed by atoms with Gasteiger partial charge in [-0.2, -0.15) is 0 Å². The highest BCUT2D eigenvalue weighted by Gasteiger charge is 2.26. The number of nitrogens with zero attached hydrogens (tertiary/aromatic N) is 1. The minimum atomic E-state index is -2.43. The number of rotatable bonds is 4. The van der Waals surface area contributed by atoms with Crippen molar-refractivity contribution in [3.05, 3.63) is 34.6 Å². The molecule has 1 aliphatic rings. The van der Waals surface area contributed by atoms with Crippen LogP contribution in [0.1, 0.15) is 18.0 Å². The first-order chi connectivity index (χ1) is 9.06. The molecule has 0 spiro atoms. The molecule has 1 N–H and O–H groups in total. The fourth-order valence-corrected chi connectivity index (χ4v) is 2.66. The Hall–Kier alpha value is -0.490. The highest BCUT2D eigenvalue weighted by atomic mass is 35.5. The second kappa shape index (κ2) is 8.08. The van der Waals surface area contributed by atoms with E-state index in [1.807, 2.05) is 4.90 Å². The van der Waals surface area contributed by atoms with Gasteiger partial charge in [-0.25, -0.2) is 13.2 Å². The van der Waals surface area contributed by atoms with Gasteiger partial charge < -0.3 is 5.32 Å². The molecule has 1 heterocycles. The lowest BCUT2D eigenvalue weighted by Gasteiger charge is -2.35. The maximum atomic E-state index is 13.4. The van der Waals surface area contributed by atoms with Crippen molar-refractivity contribution < 1.29 is 13.2 Å². The van der Waals surface area contributed by atoms with Crippen LogP contribution in [0.15, 0.2) is 18.2 Å². The molecule has 1 saturated heterocycles. The number of piperazine rings is 1. The molecular weight excluding hydrogens is 312 g/mol. The Morgan fingerprint density at radius 1 is 1.20 bits per heavy atom. The maximum absolute atomic E-state index is 13.4. The number of hydrogen-bond acceptors (Lipinski definition) is 2. The molecular formula is C13H17Cl2F3N2. The van der Waals surface area contributed by atoms with Crippen LogP contribution in [0.25, 0.3) is 0 Å². The SMILES string of the molecule is Cl.Fc1cc(Cl)cc([C@H](CC(F)F)N2CCNCC2)c1. The monoisotopic (exact) mass is 328 g/mol. The van der Waals surface area contributed by atoms with Gasteiger partial charge in [0, 0.05) is 43.7 Å². The lowest BCUT2D eigenvalue weighted by atomic mass is 10.0. The van der Waals surface area contributed by atoms with Gasteiger partial charge in [0.25, 0.3) is 0 Å². The van der Waals surface area contributed by atoms with Crippen LogP contribution in [0.5, 0.6) is 0 Å². The Bertz CT molecular complexity index is 406. The molecule has 0 aromatic heterocycles. The van der Waals surface area contributed by atoms with Gasteiger partial charge in [-0.3, -0.25) is 4.90 Å². The quantitative estimate of drug-likeness (QED) is 0.910. The smallest absolute Gasteiger partial charge is 0.240 e. The lowest BCUT2D eigenvalue weighted by Crippen LogP contribution is -2.45. The second-order valence-electron chi connectivity index (χ2n) is 4.63. The van der Waals surface area contributed by atoms with E-state index in [1.165, 1.54) is 12.1 Å². The molecule has 7 heteroatoms. The van der Waals surface area contributed by atoms with Crippen molar-refractivity contribution in [3.63, 3.8) is 0 Å². The molecule has 1 aromatic carbocycles. The Labute approximate surface area is 127 Å². The average molecular weight is 329 g/mol. The van der Waals surface area contributed by atoms with Crippen molar-refractivity contribution in [1.82, 2.24) is 10.2 Å². The summed E-state index contributed by atoms with van der Waals surface area (Å²) in [6, 6.07) is 3.55. The molecule has 0 bridgehead atoms. The molecule has 2 nitrogen and oxygen atoms in total. The van der Waals surface area contributed by atoms with E-state index in [0.717, 1.165) is 13.1 Å². The largest absolute Gasteiger partial charge is 0.314 e. The zero-order valence-corrected chi connectivity index (χ0v) is 12.4. The number of alkyl halides is 2. The highest BCUT2D eigenvalue weighted by molar-refractivity contribution is 6.30. The molecule has 2 rings (SSSR count). The van der Waals surface area contributed by atoms with Crippen LogP contribution in [0, 0.1) is 5.82 Å². The standard InChI is InChI=1S/C13H16ClF3N2.ClH/c14-10-5-9(6-11(15)7-10)12(8-13(16)17)19-3-1-18-2-4-19;/h5-7,12-13,18H,1-4,8H2;1H/t12-;/m0./s1. The van der Waals surface area contributed by atoms with Crippen molar-refractivity contribution in [1.29, 1.82) is 0 Å². The first-order valence-corrected chi connectivity index (χ1v) is 6.63. The van der Waals surface area contributed by atoms with Gasteiger partial charge in [-0.1, -0.05) is 11.6 Å². The Morgan fingerprint density at radius 3 is 2.40 bits per heavy atom. The number of halogens is 5. The van der Waals surface area contributed by atoms with Crippen LogP contribution >= 0.6 is 24.0 Å². The molecule has 1 aliphatic heterocycles. The molecule has 20 heavy (non-hydrogen) atoms. The van der Waals surface area contributed by atoms with Crippen molar-refractivity contribution in [3.8, 4) is 0 Å². The van der Waals surface area contributed by atoms with Crippen LogP contribution in [-0.4, -0.2) is 37.5 Å². The van der Waals surface area contributed by atoms with E-state index >= 15 is 0 Å². The van der Waals surface area contributed by atoms with Gasteiger partial charge in [0.15, 0.2) is 0 Å².